The van der Waals surface area contributed by atoms with Gasteiger partial charge in [-0.2, -0.15) is 0 Å². The molecular weight excluding hydrogens is 306 g/mol. The number of methoxy groups -OCH3 is 1. The molecule has 0 saturated heterocycles. The second-order valence-corrected chi connectivity index (χ2v) is 5.43. The Morgan fingerprint density at radius 2 is 2.09 bits per heavy atom. The highest BCUT2D eigenvalue weighted by molar-refractivity contribution is 6.29. The van der Waals surface area contributed by atoms with Gasteiger partial charge < -0.3 is 15.8 Å². The van der Waals surface area contributed by atoms with Crippen LogP contribution >= 0.6 is 11.6 Å². The molecule has 0 aromatic carbocycles. The number of ether oxygens (including phenoxy) is 1. The van der Waals surface area contributed by atoms with E-state index in [0.29, 0.717) is 11.5 Å². The maximum Gasteiger partial charge on any atom is 0.271 e. The molecule has 3 N–H and O–H groups in total. The van der Waals surface area contributed by atoms with Gasteiger partial charge in [0.2, 0.25) is 0 Å². The Kier molecular flexibility index (Phi) is 4.58. The van der Waals surface area contributed by atoms with Gasteiger partial charge in [0.05, 0.1) is 11.4 Å². The summed E-state index contributed by atoms with van der Waals surface area (Å²) in [6, 6.07) is 6.88. The summed E-state index contributed by atoms with van der Waals surface area (Å²) in [5.74, 6) is -0.200. The highest BCUT2D eigenvalue weighted by Crippen LogP contribution is 2.25. The Labute approximate surface area is 132 Å². The second kappa shape index (κ2) is 6.25. The van der Waals surface area contributed by atoms with E-state index < -0.39 is 11.5 Å². The highest BCUT2D eigenvalue weighted by atomic mass is 35.5. The molecule has 2 rings (SSSR count). The van der Waals surface area contributed by atoms with Crippen molar-refractivity contribution in [3.05, 3.63) is 40.8 Å². The van der Waals surface area contributed by atoms with Gasteiger partial charge in [-0.15, -0.1) is 10.2 Å². The smallest absolute Gasteiger partial charge is 0.271 e. The molecule has 22 heavy (non-hydrogen) atoms. The van der Waals surface area contributed by atoms with Crippen molar-refractivity contribution in [3.63, 3.8) is 0 Å². The van der Waals surface area contributed by atoms with E-state index in [9.17, 15) is 4.79 Å². The Morgan fingerprint density at radius 3 is 2.73 bits per heavy atom. The van der Waals surface area contributed by atoms with Crippen LogP contribution < -0.4 is 11.1 Å². The van der Waals surface area contributed by atoms with Crippen molar-refractivity contribution in [2.24, 2.45) is 5.73 Å². The van der Waals surface area contributed by atoms with Crippen molar-refractivity contribution < 1.29 is 9.53 Å². The number of nitrogens with two attached hydrogens (primary N) is 1. The molecule has 0 bridgehead atoms. The third-order valence-corrected chi connectivity index (χ3v) is 3.32. The first-order chi connectivity index (χ1) is 10.3. The van der Waals surface area contributed by atoms with E-state index >= 15 is 0 Å². The molecular formula is C14H16ClN5O2. The first-order valence-corrected chi connectivity index (χ1v) is 6.84. The first-order valence-electron chi connectivity index (χ1n) is 6.46. The summed E-state index contributed by atoms with van der Waals surface area (Å²) in [5.41, 5.74) is 5.79. The Balaban J connectivity index is 2.38. The molecule has 0 spiro atoms. The van der Waals surface area contributed by atoms with Crippen LogP contribution in [0.3, 0.4) is 0 Å². The van der Waals surface area contributed by atoms with E-state index in [0.717, 1.165) is 5.69 Å². The summed E-state index contributed by atoms with van der Waals surface area (Å²) in [4.78, 5) is 15.9. The molecule has 2 aromatic heterocycles. The number of nitrogens with zero attached hydrogens (tertiary/aromatic N) is 3. The maximum absolute atomic E-state index is 11.4. The lowest BCUT2D eigenvalue weighted by Crippen LogP contribution is -2.21. The molecule has 0 fully saturated rings. The number of rotatable bonds is 5. The fraction of sp³-hybridized carbons (Fsp3) is 0.286. The van der Waals surface area contributed by atoms with Crippen LogP contribution in [0.25, 0.3) is 0 Å². The maximum atomic E-state index is 11.4. The molecule has 116 valence electrons. The number of amides is 1. The number of hydrogen-bond donors (Lipinski definition) is 2. The van der Waals surface area contributed by atoms with Crippen molar-refractivity contribution in [2.45, 2.75) is 19.4 Å². The average Bonchev–Trinajstić information content (AvgIpc) is 2.47. The quantitative estimate of drug-likeness (QED) is 0.875. The normalized spacial score (nSPS) is 11.3. The molecule has 0 atom stereocenters. The van der Waals surface area contributed by atoms with Gasteiger partial charge in [0, 0.05) is 13.2 Å². The minimum absolute atomic E-state index is 0.0115. The van der Waals surface area contributed by atoms with Gasteiger partial charge in [-0.1, -0.05) is 17.7 Å². The fourth-order valence-corrected chi connectivity index (χ4v) is 1.87. The summed E-state index contributed by atoms with van der Waals surface area (Å²) < 4.78 is 5.40. The second-order valence-electron chi connectivity index (χ2n) is 5.04. The third-order valence-electron chi connectivity index (χ3n) is 3.14. The molecule has 2 heterocycles. The topological polar surface area (TPSA) is 103 Å². The molecule has 2 aromatic rings. The molecule has 7 nitrogen and oxygen atoms in total. The summed E-state index contributed by atoms with van der Waals surface area (Å²) >= 11 is 5.81. The van der Waals surface area contributed by atoms with E-state index in [-0.39, 0.29) is 10.8 Å². The van der Waals surface area contributed by atoms with E-state index in [4.69, 9.17) is 22.1 Å². The van der Waals surface area contributed by atoms with Crippen LogP contribution in [-0.2, 0) is 10.3 Å². The van der Waals surface area contributed by atoms with Crippen LogP contribution in [0.15, 0.2) is 24.3 Å². The van der Waals surface area contributed by atoms with Crippen LogP contribution in [0, 0.1) is 0 Å². The number of anilines is 2. The summed E-state index contributed by atoms with van der Waals surface area (Å²) in [7, 11) is 1.61. The van der Waals surface area contributed by atoms with Gasteiger partial charge in [0.1, 0.15) is 11.4 Å². The summed E-state index contributed by atoms with van der Waals surface area (Å²) in [6.45, 7) is 3.80. The number of hydrogen-bond acceptors (Lipinski definition) is 6. The van der Waals surface area contributed by atoms with Crippen molar-refractivity contribution in [3.8, 4) is 0 Å². The summed E-state index contributed by atoms with van der Waals surface area (Å²) in [5, 5.41) is 10.4. The number of primary amides is 1. The van der Waals surface area contributed by atoms with Crippen LogP contribution in [0.2, 0.25) is 5.15 Å². The minimum atomic E-state index is -0.708. The van der Waals surface area contributed by atoms with E-state index in [1.165, 1.54) is 6.07 Å². The molecule has 0 aliphatic rings. The molecule has 0 saturated carbocycles. The predicted octanol–water partition coefficient (Wildman–Crippen LogP) is 2.25. The summed E-state index contributed by atoms with van der Waals surface area (Å²) in [6.07, 6.45) is 0. The lowest BCUT2D eigenvalue weighted by molar-refractivity contribution is 0.0156. The van der Waals surface area contributed by atoms with Crippen molar-refractivity contribution >= 4 is 29.0 Å². The minimum Gasteiger partial charge on any atom is -0.373 e. The zero-order valence-corrected chi connectivity index (χ0v) is 13.2. The number of pyridine rings is 1. The Hall–Kier alpha value is -2.25. The van der Waals surface area contributed by atoms with Crippen molar-refractivity contribution in [1.82, 2.24) is 15.2 Å². The van der Waals surface area contributed by atoms with E-state index in [2.05, 4.69) is 20.5 Å². The lowest BCUT2D eigenvalue weighted by Gasteiger charge is -2.22. The zero-order valence-electron chi connectivity index (χ0n) is 12.4. The fourth-order valence-electron chi connectivity index (χ4n) is 1.73. The zero-order chi connectivity index (χ0) is 16.3. The van der Waals surface area contributed by atoms with Crippen LogP contribution in [0.4, 0.5) is 11.5 Å². The van der Waals surface area contributed by atoms with Crippen LogP contribution in [-0.4, -0.2) is 28.2 Å². The Bertz CT molecular complexity index is 705. The Morgan fingerprint density at radius 1 is 1.36 bits per heavy atom. The number of carbonyl (C=O) groups excluding carboxylic acids is 1. The van der Waals surface area contributed by atoms with Crippen molar-refractivity contribution in [1.29, 1.82) is 0 Å². The number of halogens is 1. The van der Waals surface area contributed by atoms with Gasteiger partial charge >= 0.3 is 0 Å². The first kappa shape index (κ1) is 16.1. The van der Waals surface area contributed by atoms with Gasteiger partial charge in [0.25, 0.3) is 5.91 Å². The molecule has 0 aliphatic carbocycles. The van der Waals surface area contributed by atoms with Gasteiger partial charge in [-0.05, 0) is 26.0 Å². The van der Waals surface area contributed by atoms with E-state index in [1.807, 2.05) is 26.0 Å². The van der Waals surface area contributed by atoms with Crippen LogP contribution in [0.5, 0.6) is 0 Å². The molecule has 0 unspecified atom stereocenters. The monoisotopic (exact) mass is 321 g/mol. The molecule has 1 amide bonds. The molecule has 0 radical (unpaired) electrons. The van der Waals surface area contributed by atoms with Crippen molar-refractivity contribution in [2.75, 3.05) is 12.4 Å². The number of aromatic nitrogens is 3. The molecule has 0 aliphatic heterocycles. The van der Waals surface area contributed by atoms with E-state index in [1.54, 1.807) is 13.2 Å². The standard InChI is InChI=1S/C14H16ClN5O2/c1-14(2,22-3)9-5-4-6-11(18-9)17-8-7-10(15)19-20-12(8)13(16)21/h4-7H,1-3H3,(H2,16,21)(H,17,18,19). The number of nitrogens with one attached hydrogen (secondary N) is 1. The van der Waals surface area contributed by atoms with Gasteiger partial charge in [-0.3, -0.25) is 4.79 Å². The number of carbonyl (C=O) groups is 1. The third kappa shape index (κ3) is 3.49. The SMILES string of the molecule is COC(C)(C)c1cccc(Nc2cc(Cl)nnc2C(N)=O)n1. The highest BCUT2D eigenvalue weighted by Gasteiger charge is 2.21. The largest absolute Gasteiger partial charge is 0.373 e. The average molecular weight is 322 g/mol. The van der Waals surface area contributed by atoms with Gasteiger partial charge in [-0.25, -0.2) is 4.98 Å². The van der Waals surface area contributed by atoms with Gasteiger partial charge in [0.15, 0.2) is 10.8 Å². The predicted molar refractivity (Wildman–Crippen MR) is 83.1 cm³/mol. The molecule has 8 heteroatoms. The lowest BCUT2D eigenvalue weighted by atomic mass is 10.0. The van der Waals surface area contributed by atoms with Crippen LogP contribution in [0.1, 0.15) is 30.0 Å².